The molecule has 3 fully saturated rings. The van der Waals surface area contributed by atoms with Crippen molar-refractivity contribution in [1.82, 2.24) is 4.90 Å². The van der Waals surface area contributed by atoms with Crippen LogP contribution in [0.15, 0.2) is 42.5 Å². The third-order valence-corrected chi connectivity index (χ3v) is 11.2. The number of nitrogens with zero attached hydrogens (tertiary/aromatic N) is 1. The van der Waals surface area contributed by atoms with Gasteiger partial charge in [-0.1, -0.05) is 32.0 Å². The normalized spacial score (nSPS) is 29.0. The van der Waals surface area contributed by atoms with Crippen molar-refractivity contribution >= 4 is 40.9 Å². The van der Waals surface area contributed by atoms with Gasteiger partial charge in [-0.2, -0.15) is 0 Å². The molecule has 3 heterocycles. The highest BCUT2D eigenvalue weighted by Crippen LogP contribution is 2.71. The van der Waals surface area contributed by atoms with Crippen LogP contribution in [0.25, 0.3) is 0 Å². The number of carbonyl (C=O) groups excluding carboxylic acids is 3. The average Bonchev–Trinajstić information content (AvgIpc) is 3.49. The maximum absolute atomic E-state index is 14.4. The Labute approximate surface area is 246 Å². The fourth-order valence-corrected chi connectivity index (χ4v) is 9.61. The number of aliphatic hydroxyl groups excluding tert-OH is 1. The zero-order valence-corrected chi connectivity index (χ0v) is 25.5. The van der Waals surface area contributed by atoms with E-state index in [1.807, 2.05) is 65.0 Å². The first-order valence-electron chi connectivity index (χ1n) is 14.5. The Morgan fingerprint density at radius 1 is 1.07 bits per heavy atom. The van der Waals surface area contributed by atoms with E-state index in [1.165, 1.54) is 0 Å². The maximum Gasteiger partial charge on any atom is 0.248 e. The molecule has 0 aromatic heterocycles. The van der Waals surface area contributed by atoms with Gasteiger partial charge in [0, 0.05) is 16.1 Å². The summed E-state index contributed by atoms with van der Waals surface area (Å²) in [6.45, 7) is 12.0. The molecule has 3 aliphatic rings. The van der Waals surface area contributed by atoms with Gasteiger partial charge in [0.1, 0.15) is 11.8 Å². The lowest BCUT2D eigenvalue weighted by molar-refractivity contribution is -0.142. The molecule has 41 heavy (non-hydrogen) atoms. The Hall–Kier alpha value is -3.04. The number of ether oxygens (including phenoxy) is 1. The van der Waals surface area contributed by atoms with Crippen LogP contribution in [0.1, 0.15) is 51.7 Å². The maximum atomic E-state index is 14.4. The molecular weight excluding hydrogens is 538 g/mol. The molecule has 0 radical (unpaired) electrons. The van der Waals surface area contributed by atoms with Gasteiger partial charge in [-0.25, -0.2) is 0 Å². The van der Waals surface area contributed by atoms with Crippen LogP contribution in [0.5, 0.6) is 5.75 Å². The van der Waals surface area contributed by atoms with Gasteiger partial charge in [0.2, 0.25) is 17.7 Å². The van der Waals surface area contributed by atoms with Gasteiger partial charge in [0.25, 0.3) is 0 Å². The van der Waals surface area contributed by atoms with Crippen molar-refractivity contribution in [1.29, 1.82) is 0 Å². The van der Waals surface area contributed by atoms with Crippen LogP contribution >= 0.6 is 11.8 Å². The Balaban J connectivity index is 1.52. The number of anilines is 2. The van der Waals surface area contributed by atoms with Crippen LogP contribution in [-0.2, 0) is 14.4 Å². The number of likely N-dealkylation sites (tertiary alicyclic amines) is 1. The van der Waals surface area contributed by atoms with E-state index in [4.69, 9.17) is 4.74 Å². The molecular formula is C32H41N3O5S. The van der Waals surface area contributed by atoms with Crippen molar-refractivity contribution in [3.63, 3.8) is 0 Å². The molecule has 6 atom stereocenters. The molecule has 3 aliphatic heterocycles. The van der Waals surface area contributed by atoms with Crippen LogP contribution in [-0.4, -0.2) is 62.5 Å². The monoisotopic (exact) mass is 579 g/mol. The number of nitrogens with one attached hydrogen (secondary N) is 2. The summed E-state index contributed by atoms with van der Waals surface area (Å²) < 4.78 is 4.26. The van der Waals surface area contributed by atoms with Crippen molar-refractivity contribution in [2.75, 3.05) is 23.8 Å². The minimum Gasteiger partial charge on any atom is -0.494 e. The summed E-state index contributed by atoms with van der Waals surface area (Å²) in [7, 11) is 0. The fourth-order valence-electron chi connectivity index (χ4n) is 7.27. The molecule has 2 aromatic rings. The molecule has 0 aliphatic carbocycles. The molecule has 8 nitrogen and oxygen atoms in total. The topological polar surface area (TPSA) is 108 Å². The van der Waals surface area contributed by atoms with Gasteiger partial charge in [0.05, 0.1) is 35.8 Å². The van der Waals surface area contributed by atoms with E-state index in [-0.39, 0.29) is 30.2 Å². The Bertz CT molecular complexity index is 1330. The van der Waals surface area contributed by atoms with E-state index in [9.17, 15) is 19.5 Å². The first kappa shape index (κ1) is 29.5. The van der Waals surface area contributed by atoms with Crippen molar-refractivity contribution in [2.24, 2.45) is 17.8 Å². The van der Waals surface area contributed by atoms with Crippen LogP contribution in [0, 0.1) is 31.6 Å². The van der Waals surface area contributed by atoms with E-state index < -0.39 is 33.4 Å². The minimum absolute atomic E-state index is 0.0800. The first-order chi connectivity index (χ1) is 19.5. The van der Waals surface area contributed by atoms with E-state index in [0.717, 1.165) is 29.0 Å². The summed E-state index contributed by atoms with van der Waals surface area (Å²) in [5.74, 6) is -1.35. The molecule has 2 bridgehead atoms. The lowest BCUT2D eigenvalue weighted by Crippen LogP contribution is -2.56. The van der Waals surface area contributed by atoms with E-state index in [0.29, 0.717) is 18.7 Å². The van der Waals surface area contributed by atoms with Crippen molar-refractivity contribution in [3.05, 3.63) is 53.6 Å². The highest BCUT2D eigenvalue weighted by Gasteiger charge is 2.77. The number of rotatable bonds is 9. The number of amides is 3. The summed E-state index contributed by atoms with van der Waals surface area (Å²) in [5.41, 5.74) is 3.25. The molecule has 1 spiro atoms. The molecule has 3 saturated heterocycles. The number of aryl methyl sites for hydroxylation is 2. The molecule has 3 N–H and O–H groups in total. The minimum atomic E-state index is -0.811. The van der Waals surface area contributed by atoms with Crippen molar-refractivity contribution in [3.8, 4) is 5.75 Å². The number of benzene rings is 2. The number of hydrogen-bond donors (Lipinski definition) is 3. The second kappa shape index (κ2) is 11.0. The van der Waals surface area contributed by atoms with Gasteiger partial charge >= 0.3 is 0 Å². The average molecular weight is 580 g/mol. The number of carbonyl (C=O) groups is 3. The highest BCUT2D eigenvalue weighted by molar-refractivity contribution is 8.02. The number of para-hydroxylation sites is 1. The molecule has 2 unspecified atom stereocenters. The summed E-state index contributed by atoms with van der Waals surface area (Å²) in [6, 6.07) is 11.7. The highest BCUT2D eigenvalue weighted by atomic mass is 32.2. The molecule has 220 valence electrons. The van der Waals surface area contributed by atoms with Crippen molar-refractivity contribution in [2.45, 2.75) is 76.0 Å². The quantitative estimate of drug-likeness (QED) is 0.395. The number of hydrogen-bond acceptors (Lipinski definition) is 6. The van der Waals surface area contributed by atoms with Crippen molar-refractivity contribution < 1.29 is 24.2 Å². The Morgan fingerprint density at radius 2 is 1.73 bits per heavy atom. The van der Waals surface area contributed by atoms with Crippen LogP contribution < -0.4 is 15.4 Å². The van der Waals surface area contributed by atoms with Crippen LogP contribution in [0.4, 0.5) is 11.4 Å². The first-order valence-corrected chi connectivity index (χ1v) is 15.3. The van der Waals surface area contributed by atoms with Gasteiger partial charge in [-0.3, -0.25) is 14.4 Å². The van der Waals surface area contributed by atoms with Gasteiger partial charge in [-0.15, -0.1) is 11.8 Å². The molecule has 0 saturated carbocycles. The predicted molar refractivity (Wildman–Crippen MR) is 162 cm³/mol. The third kappa shape index (κ3) is 4.80. The van der Waals surface area contributed by atoms with E-state index >= 15 is 0 Å². The smallest absolute Gasteiger partial charge is 0.248 e. The van der Waals surface area contributed by atoms with E-state index in [1.54, 1.807) is 28.8 Å². The largest absolute Gasteiger partial charge is 0.494 e. The van der Waals surface area contributed by atoms with Crippen LogP contribution in [0.3, 0.4) is 0 Å². The SMILES string of the molecule is CCOc1ccc(NC(=O)[C@H]2[C@H]3C(=O)N([C@@H](CO)C(C)C)C(C(=O)Nc4c(C)cccc4C)C34CC[C@]2(C)S4)cc1. The molecule has 3 amide bonds. The van der Waals surface area contributed by atoms with Gasteiger partial charge < -0.3 is 25.4 Å². The standard InChI is InChI=1S/C32H41N3O5S/c1-7-40-22-13-11-21(12-14-22)33-28(37)24-25-30(39)35(23(17-36)18(2)3)27(32(25)16-15-31(24,6)41-32)29(38)34-26-19(4)9-8-10-20(26)5/h8-14,18,23-25,27,36H,7,15-17H2,1-6H3,(H,33,37)(H,34,38)/t23-,24+,25-,27?,31-,32?/m0/s1. The summed E-state index contributed by atoms with van der Waals surface area (Å²) in [4.78, 5) is 44.3. The lowest BCUT2D eigenvalue weighted by atomic mass is 9.66. The molecule has 5 rings (SSSR count). The summed E-state index contributed by atoms with van der Waals surface area (Å²) >= 11 is 1.62. The fraction of sp³-hybridized carbons (Fsp3) is 0.531. The van der Waals surface area contributed by atoms with Gasteiger partial charge in [0.15, 0.2) is 0 Å². The Morgan fingerprint density at radius 3 is 2.32 bits per heavy atom. The van der Waals surface area contributed by atoms with Crippen LogP contribution in [0.2, 0.25) is 0 Å². The second-order valence-corrected chi connectivity index (χ2v) is 14.1. The molecule has 9 heteroatoms. The second-order valence-electron chi connectivity index (χ2n) is 12.2. The molecule has 2 aromatic carbocycles. The third-order valence-electron chi connectivity index (χ3n) is 9.22. The number of fused-ring (bicyclic) bond motifs is 1. The Kier molecular flexibility index (Phi) is 7.89. The number of aliphatic hydroxyl groups is 1. The summed E-state index contributed by atoms with van der Waals surface area (Å²) in [5, 5.41) is 16.6. The lowest BCUT2D eigenvalue weighted by Gasteiger charge is -2.38. The van der Waals surface area contributed by atoms with Gasteiger partial charge in [-0.05, 0) is 81.8 Å². The van der Waals surface area contributed by atoms with E-state index in [2.05, 4.69) is 17.6 Å². The summed E-state index contributed by atoms with van der Waals surface area (Å²) in [6.07, 6.45) is 1.37. The number of thioether (sulfide) groups is 1. The zero-order chi connectivity index (χ0) is 29.7. The zero-order valence-electron chi connectivity index (χ0n) is 24.7. The predicted octanol–water partition coefficient (Wildman–Crippen LogP) is 4.78.